The maximum absolute atomic E-state index is 4.60. The number of hydrogen-bond donors (Lipinski definition) is 0. The van der Waals surface area contributed by atoms with Crippen LogP contribution in [-0.4, -0.2) is 24.1 Å². The van der Waals surface area contributed by atoms with E-state index in [9.17, 15) is 0 Å². The van der Waals surface area contributed by atoms with Gasteiger partial charge in [-0.15, -0.1) is 0 Å². The highest BCUT2D eigenvalue weighted by molar-refractivity contribution is 6.18. The molecule has 0 aliphatic carbocycles. The Bertz CT molecular complexity index is 1780. The van der Waals surface area contributed by atoms with Crippen LogP contribution in [0.15, 0.2) is 116 Å². The molecule has 7 rings (SSSR count). The molecular weight excluding hydrogens is 418 g/mol. The monoisotopic (exact) mass is 437 g/mol. The SMILES string of the molecule is c1ccc(-n2c3ccccc3c3ccc4c(ccn4-c4cnc(-c5cccnc5)nc4)c32)cc1. The molecule has 0 amide bonds. The lowest BCUT2D eigenvalue weighted by molar-refractivity contribution is 1.05. The number of aromatic nitrogens is 5. The van der Waals surface area contributed by atoms with Crippen molar-refractivity contribution in [2.24, 2.45) is 0 Å². The molecule has 0 saturated heterocycles. The summed E-state index contributed by atoms with van der Waals surface area (Å²) in [5.74, 6) is 0.667. The summed E-state index contributed by atoms with van der Waals surface area (Å²) in [6, 6.07) is 29.6. The molecular formula is C29H19N5. The molecule has 34 heavy (non-hydrogen) atoms. The molecule has 0 bridgehead atoms. The maximum atomic E-state index is 4.60. The fourth-order valence-corrected chi connectivity index (χ4v) is 4.84. The van der Waals surface area contributed by atoms with Crippen molar-refractivity contribution < 1.29 is 0 Å². The highest BCUT2D eigenvalue weighted by Crippen LogP contribution is 2.37. The van der Waals surface area contributed by atoms with Crippen LogP contribution in [0.3, 0.4) is 0 Å². The van der Waals surface area contributed by atoms with Gasteiger partial charge in [0, 0.05) is 46.0 Å². The number of rotatable bonds is 3. The molecule has 0 fully saturated rings. The summed E-state index contributed by atoms with van der Waals surface area (Å²) in [7, 11) is 0. The van der Waals surface area contributed by atoms with E-state index < -0.39 is 0 Å². The summed E-state index contributed by atoms with van der Waals surface area (Å²) in [5.41, 5.74) is 6.50. The van der Waals surface area contributed by atoms with E-state index in [4.69, 9.17) is 0 Å². The predicted molar refractivity (Wildman–Crippen MR) is 136 cm³/mol. The van der Waals surface area contributed by atoms with Crippen LogP contribution in [0.4, 0.5) is 0 Å². The minimum atomic E-state index is 0.667. The second kappa shape index (κ2) is 7.39. The fraction of sp³-hybridized carbons (Fsp3) is 0. The van der Waals surface area contributed by atoms with Gasteiger partial charge >= 0.3 is 0 Å². The summed E-state index contributed by atoms with van der Waals surface area (Å²) >= 11 is 0. The predicted octanol–water partition coefficient (Wildman–Crippen LogP) is 6.58. The van der Waals surface area contributed by atoms with Crippen LogP contribution in [0.2, 0.25) is 0 Å². The molecule has 0 aliphatic rings. The van der Waals surface area contributed by atoms with E-state index in [-0.39, 0.29) is 0 Å². The van der Waals surface area contributed by atoms with E-state index in [1.165, 1.54) is 27.2 Å². The molecule has 0 saturated carbocycles. The third kappa shape index (κ3) is 2.77. The minimum Gasteiger partial charge on any atom is -0.314 e. The smallest absolute Gasteiger partial charge is 0.160 e. The molecule has 4 aromatic heterocycles. The van der Waals surface area contributed by atoms with Crippen molar-refractivity contribution in [2.75, 3.05) is 0 Å². The Kier molecular flexibility index (Phi) is 4.08. The van der Waals surface area contributed by atoms with Crippen LogP contribution >= 0.6 is 0 Å². The first kappa shape index (κ1) is 18.8. The second-order valence-electron chi connectivity index (χ2n) is 8.27. The van der Waals surface area contributed by atoms with Gasteiger partial charge in [0.15, 0.2) is 5.82 Å². The third-order valence-electron chi connectivity index (χ3n) is 6.35. The Morgan fingerprint density at radius 2 is 1.38 bits per heavy atom. The van der Waals surface area contributed by atoms with Gasteiger partial charge in [-0.3, -0.25) is 4.98 Å². The first-order valence-electron chi connectivity index (χ1n) is 11.2. The summed E-state index contributed by atoms with van der Waals surface area (Å²) in [4.78, 5) is 13.4. The first-order valence-corrected chi connectivity index (χ1v) is 11.2. The van der Waals surface area contributed by atoms with E-state index in [1.807, 2.05) is 24.5 Å². The number of hydrogen-bond acceptors (Lipinski definition) is 3. The average molecular weight is 438 g/mol. The van der Waals surface area contributed by atoms with Crippen LogP contribution in [0.5, 0.6) is 0 Å². The molecule has 0 atom stereocenters. The van der Waals surface area contributed by atoms with Crippen LogP contribution in [-0.2, 0) is 0 Å². The average Bonchev–Trinajstić information content (AvgIpc) is 3.49. The van der Waals surface area contributed by atoms with Crippen molar-refractivity contribution >= 4 is 32.7 Å². The van der Waals surface area contributed by atoms with Crippen molar-refractivity contribution in [2.45, 2.75) is 0 Å². The molecule has 3 aromatic carbocycles. The molecule has 5 heteroatoms. The third-order valence-corrected chi connectivity index (χ3v) is 6.35. The van der Waals surface area contributed by atoms with Gasteiger partial charge in [0.2, 0.25) is 0 Å². The highest BCUT2D eigenvalue weighted by Gasteiger charge is 2.16. The zero-order chi connectivity index (χ0) is 22.5. The Hall–Kier alpha value is -4.77. The van der Waals surface area contributed by atoms with Gasteiger partial charge in [0.1, 0.15) is 0 Å². The van der Waals surface area contributed by atoms with Crippen LogP contribution in [0, 0.1) is 0 Å². The minimum absolute atomic E-state index is 0.667. The summed E-state index contributed by atoms with van der Waals surface area (Å²) in [6.07, 6.45) is 9.36. The molecule has 5 nitrogen and oxygen atoms in total. The molecule has 0 aliphatic heterocycles. The Labute approximate surface area is 195 Å². The largest absolute Gasteiger partial charge is 0.314 e. The lowest BCUT2D eigenvalue weighted by Crippen LogP contribution is -1.97. The zero-order valence-electron chi connectivity index (χ0n) is 18.2. The Balaban J connectivity index is 1.46. The second-order valence-corrected chi connectivity index (χ2v) is 8.27. The van der Waals surface area contributed by atoms with Gasteiger partial charge in [-0.1, -0.05) is 42.5 Å². The molecule has 0 radical (unpaired) electrons. The Morgan fingerprint density at radius 3 is 2.21 bits per heavy atom. The summed E-state index contributed by atoms with van der Waals surface area (Å²) < 4.78 is 4.51. The van der Waals surface area contributed by atoms with E-state index in [2.05, 4.69) is 103 Å². The van der Waals surface area contributed by atoms with Crippen LogP contribution in [0.25, 0.3) is 55.5 Å². The van der Waals surface area contributed by atoms with Gasteiger partial charge in [-0.2, -0.15) is 0 Å². The van der Waals surface area contributed by atoms with Gasteiger partial charge in [-0.25, -0.2) is 9.97 Å². The normalized spacial score (nSPS) is 11.5. The standard InChI is InChI=1S/C29H19N5/c1-2-8-21(9-3-1)34-27-11-5-4-10-23(27)24-12-13-26-25(28(24)34)14-16-33(26)22-18-31-29(32-19-22)20-7-6-15-30-17-20/h1-19H. The number of para-hydroxylation sites is 2. The van der Waals surface area contributed by atoms with E-state index in [0.717, 1.165) is 22.5 Å². The van der Waals surface area contributed by atoms with Crippen LogP contribution in [0.1, 0.15) is 0 Å². The molecule has 160 valence electrons. The van der Waals surface area contributed by atoms with E-state index in [0.29, 0.717) is 5.82 Å². The lowest BCUT2D eigenvalue weighted by Gasteiger charge is -2.09. The molecule has 0 unspecified atom stereocenters. The van der Waals surface area contributed by atoms with E-state index in [1.54, 1.807) is 12.4 Å². The topological polar surface area (TPSA) is 48.5 Å². The van der Waals surface area contributed by atoms with Gasteiger partial charge in [0.25, 0.3) is 0 Å². The number of fused-ring (bicyclic) bond motifs is 5. The van der Waals surface area contributed by atoms with Crippen molar-refractivity contribution in [1.29, 1.82) is 0 Å². The van der Waals surface area contributed by atoms with Crippen molar-refractivity contribution in [3.05, 3.63) is 116 Å². The number of benzene rings is 3. The maximum Gasteiger partial charge on any atom is 0.160 e. The zero-order valence-corrected chi connectivity index (χ0v) is 18.2. The van der Waals surface area contributed by atoms with Gasteiger partial charge in [-0.05, 0) is 42.5 Å². The Morgan fingerprint density at radius 1 is 0.559 bits per heavy atom. The summed E-state index contributed by atoms with van der Waals surface area (Å²) in [5, 5.41) is 3.68. The quantitative estimate of drug-likeness (QED) is 0.314. The summed E-state index contributed by atoms with van der Waals surface area (Å²) in [6.45, 7) is 0. The molecule has 0 spiro atoms. The van der Waals surface area contributed by atoms with Crippen molar-refractivity contribution in [1.82, 2.24) is 24.1 Å². The first-order chi connectivity index (χ1) is 16.9. The highest BCUT2D eigenvalue weighted by atomic mass is 15.0. The fourth-order valence-electron chi connectivity index (χ4n) is 4.84. The molecule has 0 N–H and O–H groups in total. The number of pyridine rings is 1. The van der Waals surface area contributed by atoms with Crippen molar-refractivity contribution in [3.8, 4) is 22.8 Å². The molecule has 4 heterocycles. The lowest BCUT2D eigenvalue weighted by atomic mass is 10.1. The number of nitrogens with zero attached hydrogens (tertiary/aromatic N) is 5. The van der Waals surface area contributed by atoms with Gasteiger partial charge in [0.05, 0.1) is 34.6 Å². The van der Waals surface area contributed by atoms with Gasteiger partial charge < -0.3 is 9.13 Å². The molecule has 7 aromatic rings. The van der Waals surface area contributed by atoms with Crippen LogP contribution < -0.4 is 0 Å². The van der Waals surface area contributed by atoms with Crippen molar-refractivity contribution in [3.63, 3.8) is 0 Å². The van der Waals surface area contributed by atoms with E-state index >= 15 is 0 Å².